The SMILES string of the molecule is COc1ccc(/C=C/C(=O)c2ccc3c(c2)Nc2ccccc2S3)cc1CSc1ccccn1. The molecule has 0 spiro atoms. The first-order chi connectivity index (χ1) is 16.7. The summed E-state index contributed by atoms with van der Waals surface area (Å²) in [4.78, 5) is 19.6. The second-order valence-electron chi connectivity index (χ2n) is 7.66. The van der Waals surface area contributed by atoms with E-state index in [1.165, 1.54) is 4.90 Å². The van der Waals surface area contributed by atoms with Crippen molar-refractivity contribution in [3.63, 3.8) is 0 Å². The summed E-state index contributed by atoms with van der Waals surface area (Å²) >= 11 is 3.36. The van der Waals surface area contributed by atoms with Crippen molar-refractivity contribution < 1.29 is 9.53 Å². The van der Waals surface area contributed by atoms with Crippen molar-refractivity contribution >= 4 is 46.8 Å². The van der Waals surface area contributed by atoms with Crippen LogP contribution < -0.4 is 10.1 Å². The first-order valence-corrected chi connectivity index (χ1v) is 12.6. The largest absolute Gasteiger partial charge is 0.496 e. The van der Waals surface area contributed by atoms with Gasteiger partial charge < -0.3 is 10.1 Å². The number of para-hydroxylation sites is 1. The van der Waals surface area contributed by atoms with Gasteiger partial charge in [0.1, 0.15) is 5.75 Å². The number of ether oxygens (including phenoxy) is 1. The normalized spacial score (nSPS) is 12.0. The van der Waals surface area contributed by atoms with Gasteiger partial charge in [-0.1, -0.05) is 42.1 Å². The Bertz CT molecular complexity index is 1370. The van der Waals surface area contributed by atoms with Gasteiger partial charge in [-0.25, -0.2) is 4.98 Å². The standard InChI is InChI=1S/C28H22N2O2S2/c1-32-25-13-10-19(16-21(25)18-33-28-8-4-5-15-29-28)9-12-24(31)20-11-14-27-23(17-20)30-22-6-2-3-7-26(22)34-27/h2-17,30H,18H2,1H3/b12-9+. The summed E-state index contributed by atoms with van der Waals surface area (Å²) in [5, 5.41) is 4.40. The summed E-state index contributed by atoms with van der Waals surface area (Å²) in [6.45, 7) is 0. The van der Waals surface area contributed by atoms with Crippen LogP contribution >= 0.6 is 23.5 Å². The maximum atomic E-state index is 12.9. The summed E-state index contributed by atoms with van der Waals surface area (Å²) < 4.78 is 5.53. The zero-order valence-electron chi connectivity index (χ0n) is 18.5. The van der Waals surface area contributed by atoms with E-state index in [1.807, 2.05) is 72.8 Å². The molecule has 0 fully saturated rings. The van der Waals surface area contributed by atoms with Gasteiger partial charge in [0, 0.05) is 32.9 Å². The minimum absolute atomic E-state index is 0.0336. The topological polar surface area (TPSA) is 51.2 Å². The molecule has 1 aromatic heterocycles. The minimum Gasteiger partial charge on any atom is -0.496 e. The molecule has 0 amide bonds. The van der Waals surface area contributed by atoms with Crippen LogP contribution in [0.4, 0.5) is 11.4 Å². The summed E-state index contributed by atoms with van der Waals surface area (Å²) in [6.07, 6.45) is 5.27. The predicted octanol–water partition coefficient (Wildman–Crippen LogP) is 7.49. The number of aromatic nitrogens is 1. The van der Waals surface area contributed by atoms with Crippen LogP contribution in [0.15, 0.2) is 106 Å². The van der Waals surface area contributed by atoms with E-state index in [9.17, 15) is 4.79 Å². The Kier molecular flexibility index (Phi) is 6.70. The maximum absolute atomic E-state index is 12.9. The Hall–Kier alpha value is -3.48. The summed E-state index contributed by atoms with van der Waals surface area (Å²) in [5.74, 6) is 1.52. The highest BCUT2D eigenvalue weighted by molar-refractivity contribution is 7.99. The zero-order valence-corrected chi connectivity index (χ0v) is 20.2. The minimum atomic E-state index is -0.0336. The smallest absolute Gasteiger partial charge is 0.185 e. The van der Waals surface area contributed by atoms with Gasteiger partial charge in [0.25, 0.3) is 0 Å². The molecule has 0 saturated heterocycles. The number of ketones is 1. The van der Waals surface area contributed by atoms with Crippen LogP contribution in [0.25, 0.3) is 6.08 Å². The maximum Gasteiger partial charge on any atom is 0.185 e. The lowest BCUT2D eigenvalue weighted by Gasteiger charge is -2.20. The Morgan fingerprint density at radius 3 is 2.71 bits per heavy atom. The van der Waals surface area contributed by atoms with Gasteiger partial charge >= 0.3 is 0 Å². The van der Waals surface area contributed by atoms with Crippen molar-refractivity contribution in [2.45, 2.75) is 20.6 Å². The second kappa shape index (κ2) is 10.2. The highest BCUT2D eigenvalue weighted by Crippen LogP contribution is 2.44. The number of methoxy groups -OCH3 is 1. The van der Waals surface area contributed by atoms with Crippen molar-refractivity contribution in [1.29, 1.82) is 0 Å². The third-order valence-electron chi connectivity index (χ3n) is 5.39. The van der Waals surface area contributed by atoms with Crippen LogP contribution in [-0.2, 0) is 5.75 Å². The van der Waals surface area contributed by atoms with Crippen molar-refractivity contribution in [3.05, 3.63) is 108 Å². The number of anilines is 2. The molecule has 0 unspecified atom stereocenters. The molecule has 1 aliphatic heterocycles. The number of carbonyl (C=O) groups excluding carboxylic acids is 1. The predicted molar refractivity (Wildman–Crippen MR) is 140 cm³/mol. The molecule has 2 heterocycles. The number of hydrogen-bond acceptors (Lipinski definition) is 6. The van der Waals surface area contributed by atoms with Gasteiger partial charge in [-0.15, -0.1) is 11.8 Å². The Labute approximate surface area is 207 Å². The Morgan fingerprint density at radius 1 is 1.00 bits per heavy atom. The van der Waals surface area contributed by atoms with E-state index in [0.717, 1.165) is 43.9 Å². The average molecular weight is 483 g/mol. The number of hydrogen-bond donors (Lipinski definition) is 1. The molecule has 4 nitrogen and oxygen atoms in total. The molecule has 1 N–H and O–H groups in total. The van der Waals surface area contributed by atoms with Crippen LogP contribution in [0.5, 0.6) is 5.75 Å². The molecule has 6 heteroatoms. The van der Waals surface area contributed by atoms with Gasteiger partial charge in [-0.05, 0) is 66.2 Å². The lowest BCUT2D eigenvalue weighted by molar-refractivity contribution is 0.104. The first-order valence-electron chi connectivity index (χ1n) is 10.8. The van der Waals surface area contributed by atoms with E-state index in [4.69, 9.17) is 4.74 Å². The molecule has 34 heavy (non-hydrogen) atoms. The van der Waals surface area contributed by atoms with Crippen LogP contribution in [0.2, 0.25) is 0 Å². The number of thioether (sulfide) groups is 1. The van der Waals surface area contributed by atoms with Gasteiger partial charge in [0.05, 0.1) is 23.5 Å². The van der Waals surface area contributed by atoms with E-state index in [0.29, 0.717) is 5.56 Å². The summed E-state index contributed by atoms with van der Waals surface area (Å²) in [5.41, 5.74) is 4.69. The molecule has 0 radical (unpaired) electrons. The van der Waals surface area contributed by atoms with Crippen LogP contribution in [0, 0.1) is 0 Å². The fourth-order valence-corrected chi connectivity index (χ4v) is 5.47. The monoisotopic (exact) mass is 482 g/mol. The highest BCUT2D eigenvalue weighted by Gasteiger charge is 2.16. The van der Waals surface area contributed by atoms with E-state index < -0.39 is 0 Å². The molecule has 4 aromatic rings. The van der Waals surface area contributed by atoms with Crippen LogP contribution in [0.1, 0.15) is 21.5 Å². The van der Waals surface area contributed by atoms with E-state index >= 15 is 0 Å². The molecular weight excluding hydrogens is 460 g/mol. The number of fused-ring (bicyclic) bond motifs is 2. The number of rotatable bonds is 7. The third kappa shape index (κ3) is 5.03. The Balaban J connectivity index is 1.31. The van der Waals surface area contributed by atoms with Crippen LogP contribution in [-0.4, -0.2) is 17.9 Å². The van der Waals surface area contributed by atoms with Crippen molar-refractivity contribution in [1.82, 2.24) is 4.98 Å². The summed E-state index contributed by atoms with van der Waals surface area (Å²) in [6, 6.07) is 25.8. The number of pyridine rings is 1. The second-order valence-corrected chi connectivity index (χ2v) is 9.74. The number of nitrogens with zero attached hydrogens (tertiary/aromatic N) is 1. The van der Waals surface area contributed by atoms with E-state index in [1.54, 1.807) is 42.9 Å². The molecule has 5 rings (SSSR count). The fraction of sp³-hybridized carbons (Fsp3) is 0.0714. The molecule has 1 aliphatic rings. The number of benzene rings is 3. The average Bonchev–Trinajstić information content (AvgIpc) is 2.89. The van der Waals surface area contributed by atoms with Crippen molar-refractivity contribution in [2.24, 2.45) is 0 Å². The van der Waals surface area contributed by atoms with E-state index in [2.05, 4.69) is 22.4 Å². The third-order valence-corrected chi connectivity index (χ3v) is 7.53. The number of carbonyl (C=O) groups is 1. The molecule has 3 aromatic carbocycles. The van der Waals surface area contributed by atoms with Crippen molar-refractivity contribution in [3.8, 4) is 5.75 Å². The molecular formula is C28H22N2O2S2. The van der Waals surface area contributed by atoms with Gasteiger partial charge in [0.15, 0.2) is 5.78 Å². The van der Waals surface area contributed by atoms with Crippen molar-refractivity contribution in [2.75, 3.05) is 12.4 Å². The fourth-order valence-electron chi connectivity index (χ4n) is 3.66. The summed E-state index contributed by atoms with van der Waals surface area (Å²) in [7, 11) is 1.67. The molecule has 0 bridgehead atoms. The zero-order chi connectivity index (χ0) is 23.3. The molecule has 0 saturated carbocycles. The lowest BCUT2D eigenvalue weighted by Crippen LogP contribution is -2.02. The lowest BCUT2D eigenvalue weighted by atomic mass is 10.1. The number of allylic oxidation sites excluding steroid dienone is 1. The van der Waals surface area contributed by atoms with Gasteiger partial charge in [-0.3, -0.25) is 4.79 Å². The van der Waals surface area contributed by atoms with Gasteiger partial charge in [0.2, 0.25) is 0 Å². The molecule has 168 valence electrons. The molecule has 0 aliphatic carbocycles. The number of nitrogens with one attached hydrogen (secondary N) is 1. The van der Waals surface area contributed by atoms with Crippen LogP contribution in [0.3, 0.4) is 0 Å². The quantitative estimate of drug-likeness (QED) is 0.147. The Morgan fingerprint density at radius 2 is 1.85 bits per heavy atom. The first kappa shape index (κ1) is 22.3. The highest BCUT2D eigenvalue weighted by atomic mass is 32.2. The van der Waals surface area contributed by atoms with E-state index in [-0.39, 0.29) is 5.78 Å². The van der Waals surface area contributed by atoms with Gasteiger partial charge in [-0.2, -0.15) is 0 Å². The molecule has 0 atom stereocenters.